The van der Waals surface area contributed by atoms with E-state index in [0.29, 0.717) is 30.7 Å². The van der Waals surface area contributed by atoms with E-state index >= 15 is 0 Å². The molecule has 2 aromatic heterocycles. The summed E-state index contributed by atoms with van der Waals surface area (Å²) in [4.78, 5) is 30.4. The smallest absolute Gasteiger partial charge is 0.225 e. The van der Waals surface area contributed by atoms with Crippen LogP contribution in [0.4, 0.5) is 0 Å². The number of pyridine rings is 1. The van der Waals surface area contributed by atoms with E-state index in [9.17, 15) is 9.59 Å². The van der Waals surface area contributed by atoms with Crippen molar-refractivity contribution in [3.05, 3.63) is 53.9 Å². The molecule has 0 saturated carbocycles. The van der Waals surface area contributed by atoms with Crippen LogP contribution in [0.15, 0.2) is 47.4 Å². The van der Waals surface area contributed by atoms with Gasteiger partial charge in [-0.1, -0.05) is 12.1 Å². The van der Waals surface area contributed by atoms with Crippen molar-refractivity contribution in [3.8, 4) is 0 Å². The van der Waals surface area contributed by atoms with Crippen molar-refractivity contribution in [1.82, 2.24) is 25.5 Å². The SMILES string of the molecule is O=C(NCc1ccc2nonc2c1)C1CC(=O)N(Cc2cccnc2)C1. The van der Waals surface area contributed by atoms with Crippen LogP contribution < -0.4 is 5.32 Å². The predicted molar refractivity (Wildman–Crippen MR) is 91.4 cm³/mol. The molecule has 1 unspecified atom stereocenters. The molecule has 0 spiro atoms. The summed E-state index contributed by atoms with van der Waals surface area (Å²) in [6.07, 6.45) is 3.66. The summed E-state index contributed by atoms with van der Waals surface area (Å²) in [5.74, 6) is -0.467. The highest BCUT2D eigenvalue weighted by Crippen LogP contribution is 2.20. The lowest BCUT2D eigenvalue weighted by molar-refractivity contribution is -0.129. The Kier molecular flexibility index (Phi) is 4.30. The van der Waals surface area contributed by atoms with Crippen LogP contribution in [0.2, 0.25) is 0 Å². The molecule has 1 N–H and O–H groups in total. The monoisotopic (exact) mass is 351 g/mol. The summed E-state index contributed by atoms with van der Waals surface area (Å²) < 4.78 is 4.66. The van der Waals surface area contributed by atoms with Gasteiger partial charge in [-0.05, 0) is 39.6 Å². The third-order valence-electron chi connectivity index (χ3n) is 4.47. The first kappa shape index (κ1) is 16.2. The molecular weight excluding hydrogens is 334 g/mol. The highest BCUT2D eigenvalue weighted by atomic mass is 16.6. The number of amides is 2. The van der Waals surface area contributed by atoms with E-state index in [1.54, 1.807) is 23.4 Å². The van der Waals surface area contributed by atoms with Crippen LogP contribution in [0.1, 0.15) is 17.5 Å². The Morgan fingerprint density at radius 2 is 2.12 bits per heavy atom. The maximum absolute atomic E-state index is 12.4. The fraction of sp³-hybridized carbons (Fsp3) is 0.278. The normalized spacial score (nSPS) is 17.0. The lowest BCUT2D eigenvalue weighted by atomic mass is 10.1. The third kappa shape index (κ3) is 3.39. The molecule has 132 valence electrons. The lowest BCUT2D eigenvalue weighted by Gasteiger charge is -2.16. The first-order valence-electron chi connectivity index (χ1n) is 8.34. The summed E-state index contributed by atoms with van der Waals surface area (Å²) in [5, 5.41) is 10.4. The number of aromatic nitrogens is 3. The third-order valence-corrected chi connectivity index (χ3v) is 4.47. The molecule has 0 aliphatic carbocycles. The fourth-order valence-electron chi connectivity index (χ4n) is 3.08. The number of nitrogens with zero attached hydrogens (tertiary/aromatic N) is 4. The number of carbonyl (C=O) groups excluding carboxylic acids is 2. The molecule has 2 amide bonds. The number of hydrogen-bond acceptors (Lipinski definition) is 6. The molecule has 1 aliphatic rings. The first-order valence-corrected chi connectivity index (χ1v) is 8.34. The van der Waals surface area contributed by atoms with Gasteiger partial charge >= 0.3 is 0 Å². The fourth-order valence-corrected chi connectivity index (χ4v) is 3.08. The molecule has 26 heavy (non-hydrogen) atoms. The van der Waals surface area contributed by atoms with Gasteiger partial charge in [0.2, 0.25) is 11.8 Å². The van der Waals surface area contributed by atoms with Crippen LogP contribution in [0.3, 0.4) is 0 Å². The Morgan fingerprint density at radius 1 is 1.23 bits per heavy atom. The number of fused-ring (bicyclic) bond motifs is 1. The number of nitrogens with one attached hydrogen (secondary N) is 1. The minimum Gasteiger partial charge on any atom is -0.352 e. The van der Waals surface area contributed by atoms with Gasteiger partial charge in [0, 0.05) is 38.4 Å². The highest BCUT2D eigenvalue weighted by Gasteiger charge is 2.34. The summed E-state index contributed by atoms with van der Waals surface area (Å²) in [6.45, 7) is 1.27. The van der Waals surface area contributed by atoms with E-state index in [1.807, 2.05) is 24.3 Å². The second kappa shape index (κ2) is 6.91. The number of benzene rings is 1. The molecule has 4 rings (SSSR count). The lowest BCUT2D eigenvalue weighted by Crippen LogP contribution is -2.32. The van der Waals surface area contributed by atoms with E-state index < -0.39 is 0 Å². The quantitative estimate of drug-likeness (QED) is 0.743. The summed E-state index contributed by atoms with van der Waals surface area (Å²) in [6, 6.07) is 9.23. The number of likely N-dealkylation sites (tertiary alicyclic amines) is 1. The van der Waals surface area contributed by atoms with E-state index in [2.05, 4.69) is 25.2 Å². The second-order valence-electron chi connectivity index (χ2n) is 6.34. The van der Waals surface area contributed by atoms with E-state index in [1.165, 1.54) is 0 Å². The number of rotatable bonds is 5. The molecule has 1 aromatic carbocycles. The topological polar surface area (TPSA) is 101 Å². The van der Waals surface area contributed by atoms with Crippen LogP contribution in [-0.4, -0.2) is 38.6 Å². The molecule has 3 heterocycles. The van der Waals surface area contributed by atoms with Crippen molar-refractivity contribution >= 4 is 22.8 Å². The van der Waals surface area contributed by atoms with Crippen molar-refractivity contribution < 1.29 is 14.2 Å². The molecule has 8 heteroatoms. The molecule has 1 aliphatic heterocycles. The van der Waals surface area contributed by atoms with Crippen LogP contribution in [-0.2, 0) is 22.7 Å². The Bertz CT molecular complexity index is 940. The Hall–Kier alpha value is -3.29. The zero-order chi connectivity index (χ0) is 17.9. The van der Waals surface area contributed by atoms with Gasteiger partial charge in [-0.2, -0.15) is 0 Å². The highest BCUT2D eigenvalue weighted by molar-refractivity contribution is 5.89. The second-order valence-corrected chi connectivity index (χ2v) is 6.34. The van der Waals surface area contributed by atoms with Gasteiger partial charge < -0.3 is 10.2 Å². The molecule has 0 radical (unpaired) electrons. The molecule has 0 bridgehead atoms. The van der Waals surface area contributed by atoms with Crippen LogP contribution >= 0.6 is 0 Å². The van der Waals surface area contributed by atoms with Gasteiger partial charge in [0.15, 0.2) is 0 Å². The molecule has 8 nitrogen and oxygen atoms in total. The van der Waals surface area contributed by atoms with Gasteiger partial charge in [0.1, 0.15) is 11.0 Å². The summed E-state index contributed by atoms with van der Waals surface area (Å²) in [7, 11) is 0. The summed E-state index contributed by atoms with van der Waals surface area (Å²) >= 11 is 0. The first-order chi connectivity index (χ1) is 12.7. The van der Waals surface area contributed by atoms with E-state index in [0.717, 1.165) is 11.1 Å². The van der Waals surface area contributed by atoms with Crippen LogP contribution in [0.25, 0.3) is 11.0 Å². The zero-order valence-electron chi connectivity index (χ0n) is 14.0. The average Bonchev–Trinajstić information content (AvgIpc) is 3.27. The Morgan fingerprint density at radius 3 is 2.96 bits per heavy atom. The molecule has 3 aromatic rings. The van der Waals surface area contributed by atoms with Crippen molar-refractivity contribution in [2.75, 3.05) is 6.54 Å². The average molecular weight is 351 g/mol. The maximum atomic E-state index is 12.4. The molecule has 1 fully saturated rings. The van der Waals surface area contributed by atoms with Gasteiger partial charge in [-0.3, -0.25) is 14.6 Å². The van der Waals surface area contributed by atoms with Crippen LogP contribution in [0.5, 0.6) is 0 Å². The largest absolute Gasteiger partial charge is 0.352 e. The standard InChI is InChI=1S/C18H17N5O3/c24-17-7-14(11-23(17)10-13-2-1-5-19-8-13)18(25)20-9-12-3-4-15-16(6-12)22-26-21-15/h1-6,8,14H,7,9-11H2,(H,20,25). The number of hydrogen-bond donors (Lipinski definition) is 1. The van der Waals surface area contributed by atoms with Gasteiger partial charge in [0.05, 0.1) is 5.92 Å². The predicted octanol–water partition coefficient (Wildman–Crippen LogP) is 1.28. The molecular formula is C18H17N5O3. The van der Waals surface area contributed by atoms with Gasteiger partial charge in [0.25, 0.3) is 0 Å². The molecule has 1 saturated heterocycles. The maximum Gasteiger partial charge on any atom is 0.225 e. The summed E-state index contributed by atoms with van der Waals surface area (Å²) in [5.41, 5.74) is 3.18. The van der Waals surface area contributed by atoms with Crippen molar-refractivity contribution in [2.24, 2.45) is 5.92 Å². The van der Waals surface area contributed by atoms with Crippen LogP contribution in [0, 0.1) is 5.92 Å². The van der Waals surface area contributed by atoms with Gasteiger partial charge in [-0.15, -0.1) is 0 Å². The number of carbonyl (C=O) groups is 2. The molecule has 1 atom stereocenters. The Balaban J connectivity index is 1.34. The van der Waals surface area contributed by atoms with E-state index in [-0.39, 0.29) is 24.2 Å². The zero-order valence-corrected chi connectivity index (χ0v) is 14.0. The van der Waals surface area contributed by atoms with E-state index in [4.69, 9.17) is 0 Å². The van der Waals surface area contributed by atoms with Gasteiger partial charge in [-0.25, -0.2) is 4.63 Å². The van der Waals surface area contributed by atoms with Crippen molar-refractivity contribution in [1.29, 1.82) is 0 Å². The Labute approximate surface area is 149 Å². The minimum atomic E-state index is -0.336. The minimum absolute atomic E-state index is 0.0101. The van der Waals surface area contributed by atoms with Crippen molar-refractivity contribution in [2.45, 2.75) is 19.5 Å². The van der Waals surface area contributed by atoms with Crippen molar-refractivity contribution in [3.63, 3.8) is 0 Å².